The summed E-state index contributed by atoms with van der Waals surface area (Å²) in [5.41, 5.74) is 1.30. The van der Waals surface area contributed by atoms with E-state index >= 15 is 0 Å². The molecule has 158 valence electrons. The van der Waals surface area contributed by atoms with Crippen LogP contribution in [-0.4, -0.2) is 44.0 Å². The largest absolute Gasteiger partial charge is 0.457 e. The van der Waals surface area contributed by atoms with Crippen molar-refractivity contribution in [3.63, 3.8) is 0 Å². The molecule has 0 bridgehead atoms. The number of rotatable bonds is 5. The summed E-state index contributed by atoms with van der Waals surface area (Å²) in [7, 11) is -3.91. The Morgan fingerprint density at radius 1 is 1.20 bits per heavy atom. The highest BCUT2D eigenvalue weighted by Gasteiger charge is 2.34. The number of sulfonamides is 1. The van der Waals surface area contributed by atoms with E-state index in [0.717, 1.165) is 0 Å². The second kappa shape index (κ2) is 9.14. The number of carbonyl (C=O) groups is 1. The molecule has 1 saturated heterocycles. The fraction of sp³-hybridized carbons (Fsp3) is 0.333. The van der Waals surface area contributed by atoms with Crippen molar-refractivity contribution in [1.82, 2.24) is 4.31 Å². The number of ether oxygens (including phenoxy) is 2. The van der Waals surface area contributed by atoms with Crippen molar-refractivity contribution in [1.29, 1.82) is 5.26 Å². The molecule has 0 radical (unpaired) electrons. The highest BCUT2D eigenvalue weighted by molar-refractivity contribution is 7.89. The fourth-order valence-electron chi connectivity index (χ4n) is 3.20. The highest BCUT2D eigenvalue weighted by Crippen LogP contribution is 2.28. The fourth-order valence-corrected chi connectivity index (χ4v) is 5.29. The summed E-state index contributed by atoms with van der Waals surface area (Å²) in [5, 5.41) is 8.86. The Morgan fingerprint density at radius 3 is 2.43 bits per heavy atom. The molecular formula is C21H21ClN2O5S. The van der Waals surface area contributed by atoms with Crippen LogP contribution in [0.3, 0.4) is 0 Å². The first-order valence-electron chi connectivity index (χ1n) is 9.32. The van der Waals surface area contributed by atoms with Gasteiger partial charge in [-0.05, 0) is 49.7 Å². The van der Waals surface area contributed by atoms with Crippen molar-refractivity contribution in [2.75, 3.05) is 13.1 Å². The smallest absolute Gasteiger partial charge is 0.338 e. The Kier molecular flexibility index (Phi) is 6.78. The summed E-state index contributed by atoms with van der Waals surface area (Å²) in [6.07, 6.45) is -0.495. The standard InChI is InChI=1S/C21H21ClN2O5S/c1-14-11-24(12-15(2)29-14)30(26,27)20-9-18(7-8-19(20)22)21(25)28-13-17-5-3-16(10-23)4-6-17/h3-9,14-15H,11-13H2,1-2H3. The lowest BCUT2D eigenvalue weighted by atomic mass is 10.1. The number of benzene rings is 2. The van der Waals surface area contributed by atoms with Gasteiger partial charge in [-0.15, -0.1) is 0 Å². The van der Waals surface area contributed by atoms with Crippen molar-refractivity contribution < 1.29 is 22.7 Å². The lowest BCUT2D eigenvalue weighted by Gasteiger charge is -2.34. The summed E-state index contributed by atoms with van der Waals surface area (Å²) >= 11 is 6.16. The summed E-state index contributed by atoms with van der Waals surface area (Å²) in [4.78, 5) is 12.3. The molecule has 9 heteroatoms. The number of nitrogens with zero attached hydrogens (tertiary/aromatic N) is 2. The number of carbonyl (C=O) groups excluding carboxylic acids is 1. The highest BCUT2D eigenvalue weighted by atomic mass is 35.5. The molecule has 0 spiro atoms. The van der Waals surface area contributed by atoms with Gasteiger partial charge in [-0.1, -0.05) is 23.7 Å². The zero-order chi connectivity index (χ0) is 21.9. The first kappa shape index (κ1) is 22.2. The number of morpholine rings is 1. The van der Waals surface area contributed by atoms with Crippen LogP contribution in [0.25, 0.3) is 0 Å². The molecule has 0 saturated carbocycles. The lowest BCUT2D eigenvalue weighted by molar-refractivity contribution is -0.0440. The van der Waals surface area contributed by atoms with Crippen LogP contribution in [0.4, 0.5) is 0 Å². The third-order valence-electron chi connectivity index (χ3n) is 4.62. The predicted octanol–water partition coefficient (Wildman–Crippen LogP) is 3.37. The molecule has 1 heterocycles. The summed E-state index contributed by atoms with van der Waals surface area (Å²) in [5.74, 6) is -0.670. The van der Waals surface area contributed by atoms with Gasteiger partial charge in [0, 0.05) is 13.1 Å². The number of hydrogen-bond acceptors (Lipinski definition) is 6. The van der Waals surface area contributed by atoms with Gasteiger partial charge in [0.15, 0.2) is 0 Å². The number of nitriles is 1. The van der Waals surface area contributed by atoms with Crippen molar-refractivity contribution in [2.24, 2.45) is 0 Å². The maximum absolute atomic E-state index is 13.1. The van der Waals surface area contributed by atoms with Crippen LogP contribution in [0.1, 0.15) is 35.3 Å². The second-order valence-corrected chi connectivity index (χ2v) is 9.42. The van der Waals surface area contributed by atoms with Gasteiger partial charge in [0.25, 0.3) is 0 Å². The third-order valence-corrected chi connectivity index (χ3v) is 6.94. The molecule has 2 atom stereocenters. The zero-order valence-corrected chi connectivity index (χ0v) is 18.1. The van der Waals surface area contributed by atoms with Gasteiger partial charge in [0.05, 0.1) is 34.4 Å². The Balaban J connectivity index is 1.78. The number of hydrogen-bond donors (Lipinski definition) is 0. The maximum atomic E-state index is 13.1. The van der Waals surface area contributed by atoms with E-state index in [2.05, 4.69) is 0 Å². The van der Waals surface area contributed by atoms with Crippen LogP contribution >= 0.6 is 11.6 Å². The van der Waals surface area contributed by atoms with E-state index < -0.39 is 16.0 Å². The molecule has 1 fully saturated rings. The Bertz CT molecular complexity index is 1070. The van der Waals surface area contributed by atoms with E-state index in [1.165, 1.54) is 22.5 Å². The van der Waals surface area contributed by atoms with E-state index in [1.807, 2.05) is 6.07 Å². The molecule has 0 aromatic heterocycles. The van der Waals surface area contributed by atoms with Gasteiger partial charge >= 0.3 is 5.97 Å². The first-order valence-corrected chi connectivity index (χ1v) is 11.1. The molecule has 0 amide bonds. The number of esters is 1. The van der Waals surface area contributed by atoms with E-state index in [-0.39, 0.29) is 47.4 Å². The van der Waals surface area contributed by atoms with Gasteiger partial charge in [0.2, 0.25) is 10.0 Å². The van der Waals surface area contributed by atoms with Crippen molar-refractivity contribution in [2.45, 2.75) is 37.6 Å². The Morgan fingerprint density at radius 2 is 1.83 bits per heavy atom. The quantitative estimate of drug-likeness (QED) is 0.650. The minimum Gasteiger partial charge on any atom is -0.457 e. The molecule has 2 aromatic rings. The minimum absolute atomic E-state index is 0.00621. The van der Waals surface area contributed by atoms with Gasteiger partial charge < -0.3 is 9.47 Å². The SMILES string of the molecule is CC1CN(S(=O)(=O)c2cc(C(=O)OCc3ccc(C#N)cc3)ccc2Cl)CC(C)O1. The van der Waals surface area contributed by atoms with E-state index in [0.29, 0.717) is 11.1 Å². The van der Waals surface area contributed by atoms with E-state index in [9.17, 15) is 13.2 Å². The molecule has 1 aliphatic rings. The molecule has 0 N–H and O–H groups in total. The normalized spacial score (nSPS) is 19.8. The summed E-state index contributed by atoms with van der Waals surface area (Å²) in [6.45, 7) is 4.01. The second-order valence-electron chi connectivity index (χ2n) is 7.11. The average Bonchev–Trinajstić information content (AvgIpc) is 2.72. The van der Waals surface area contributed by atoms with Crippen LogP contribution < -0.4 is 0 Å². The predicted molar refractivity (Wildman–Crippen MR) is 110 cm³/mol. The van der Waals surface area contributed by atoms with E-state index in [4.69, 9.17) is 26.3 Å². The van der Waals surface area contributed by atoms with Crippen LogP contribution in [0.5, 0.6) is 0 Å². The van der Waals surface area contributed by atoms with Crippen molar-refractivity contribution in [3.8, 4) is 6.07 Å². The van der Waals surface area contributed by atoms with Gasteiger partial charge in [-0.2, -0.15) is 9.57 Å². The Hall–Kier alpha value is -2.44. The van der Waals surface area contributed by atoms with Crippen molar-refractivity contribution in [3.05, 3.63) is 64.2 Å². The molecule has 2 aromatic carbocycles. The monoisotopic (exact) mass is 448 g/mol. The van der Waals surface area contributed by atoms with Gasteiger partial charge in [0.1, 0.15) is 11.5 Å². The molecular weight excluding hydrogens is 428 g/mol. The van der Waals surface area contributed by atoms with Crippen molar-refractivity contribution >= 4 is 27.6 Å². The third kappa shape index (κ3) is 4.99. The topological polar surface area (TPSA) is 96.7 Å². The molecule has 30 heavy (non-hydrogen) atoms. The molecule has 0 aliphatic carbocycles. The molecule has 2 unspecified atom stereocenters. The van der Waals surface area contributed by atoms with Gasteiger partial charge in [-0.3, -0.25) is 0 Å². The minimum atomic E-state index is -3.91. The summed E-state index contributed by atoms with van der Waals surface area (Å²) in [6, 6.07) is 12.7. The van der Waals surface area contributed by atoms with Crippen LogP contribution in [0.2, 0.25) is 5.02 Å². The van der Waals surface area contributed by atoms with Gasteiger partial charge in [-0.25, -0.2) is 13.2 Å². The van der Waals surface area contributed by atoms with Crippen LogP contribution in [0.15, 0.2) is 47.4 Å². The number of halogens is 1. The Labute approximate surface area is 180 Å². The first-order chi connectivity index (χ1) is 14.2. The van der Waals surface area contributed by atoms with E-state index in [1.54, 1.807) is 38.1 Å². The van der Waals surface area contributed by atoms with Crippen LogP contribution in [0, 0.1) is 11.3 Å². The molecule has 1 aliphatic heterocycles. The lowest BCUT2D eigenvalue weighted by Crippen LogP contribution is -2.48. The maximum Gasteiger partial charge on any atom is 0.338 e. The molecule has 7 nitrogen and oxygen atoms in total. The molecule has 3 rings (SSSR count). The average molecular weight is 449 g/mol. The summed E-state index contributed by atoms with van der Waals surface area (Å²) < 4.78 is 38.4. The van der Waals surface area contributed by atoms with Crippen LogP contribution in [-0.2, 0) is 26.1 Å². The zero-order valence-electron chi connectivity index (χ0n) is 16.5.